The van der Waals surface area contributed by atoms with Gasteiger partial charge in [-0.25, -0.2) is 0 Å². The Kier molecular flexibility index (Phi) is 6.29. The topological polar surface area (TPSA) is 18.5 Å². The van der Waals surface area contributed by atoms with Crippen molar-refractivity contribution in [3.8, 4) is 23.0 Å². The molecule has 4 rings (SSSR count). The van der Waals surface area contributed by atoms with Crippen molar-refractivity contribution in [3.63, 3.8) is 0 Å². The van der Waals surface area contributed by atoms with Gasteiger partial charge >= 0.3 is 0 Å². The molecule has 0 heterocycles. The monoisotopic (exact) mass is 436 g/mol. The highest BCUT2D eigenvalue weighted by Gasteiger charge is 2.23. The average Bonchev–Trinajstić information content (AvgIpc) is 2.73. The molecule has 0 radical (unpaired) electrons. The zero-order chi connectivity index (χ0) is 23.6. The molecule has 4 aromatic carbocycles. The number of ether oxygens (including phenoxy) is 2. The second kappa shape index (κ2) is 9.15. The molecular weight excluding hydrogens is 404 g/mol. The van der Waals surface area contributed by atoms with Crippen LogP contribution in [0.2, 0.25) is 0 Å². The zero-order valence-corrected chi connectivity index (χ0v) is 20.4. The highest BCUT2D eigenvalue weighted by atomic mass is 16.5. The molecule has 0 saturated heterocycles. The van der Waals surface area contributed by atoms with Crippen molar-refractivity contribution in [3.05, 3.63) is 118 Å². The first-order chi connectivity index (χ1) is 15.7. The Hall–Kier alpha value is -3.52. The quantitative estimate of drug-likeness (QED) is 0.300. The van der Waals surface area contributed by atoms with Crippen LogP contribution in [-0.2, 0) is 5.41 Å². The van der Waals surface area contributed by atoms with Crippen molar-refractivity contribution in [2.75, 3.05) is 0 Å². The van der Waals surface area contributed by atoms with Crippen LogP contribution >= 0.6 is 0 Å². The molecule has 4 aromatic rings. The van der Waals surface area contributed by atoms with Crippen molar-refractivity contribution in [1.82, 2.24) is 0 Å². The van der Waals surface area contributed by atoms with Gasteiger partial charge in [0.05, 0.1) is 0 Å². The smallest absolute Gasteiger partial charge is 0.127 e. The predicted molar refractivity (Wildman–Crippen MR) is 137 cm³/mol. The lowest BCUT2D eigenvalue weighted by atomic mass is 9.78. The van der Waals surface area contributed by atoms with Crippen molar-refractivity contribution in [2.45, 2.75) is 47.0 Å². The van der Waals surface area contributed by atoms with Gasteiger partial charge in [-0.05, 0) is 110 Å². The molecule has 0 spiro atoms. The maximum Gasteiger partial charge on any atom is 0.127 e. The van der Waals surface area contributed by atoms with Crippen molar-refractivity contribution >= 4 is 0 Å². The summed E-state index contributed by atoms with van der Waals surface area (Å²) in [5.41, 5.74) is 7.13. The molecular formula is C31H32O2. The van der Waals surface area contributed by atoms with Crippen molar-refractivity contribution in [2.24, 2.45) is 0 Å². The Morgan fingerprint density at radius 1 is 0.424 bits per heavy atom. The van der Waals surface area contributed by atoms with Crippen LogP contribution < -0.4 is 9.47 Å². The molecule has 0 N–H and O–H groups in total. The van der Waals surface area contributed by atoms with E-state index < -0.39 is 0 Å². The molecule has 168 valence electrons. The minimum absolute atomic E-state index is 0.142. The fraction of sp³-hybridized carbons (Fsp3) is 0.226. The van der Waals surface area contributed by atoms with Gasteiger partial charge in [0.1, 0.15) is 23.0 Å². The van der Waals surface area contributed by atoms with Gasteiger partial charge in [0.25, 0.3) is 0 Å². The van der Waals surface area contributed by atoms with Crippen LogP contribution in [-0.4, -0.2) is 0 Å². The molecule has 0 aliphatic carbocycles. The van der Waals surface area contributed by atoms with E-state index in [-0.39, 0.29) is 5.41 Å². The first-order valence-electron chi connectivity index (χ1n) is 11.4. The summed E-state index contributed by atoms with van der Waals surface area (Å²) < 4.78 is 12.2. The Balaban J connectivity index is 1.49. The normalized spacial score (nSPS) is 11.3. The predicted octanol–water partition coefficient (Wildman–Crippen LogP) is 8.83. The summed E-state index contributed by atoms with van der Waals surface area (Å²) >= 11 is 0. The fourth-order valence-electron chi connectivity index (χ4n) is 4.30. The standard InChI is InChI=1S/C31H32O2/c1-21-15-22(2)18-29(17-21)32-27-11-7-25(8-12-27)31(5,6)26-9-13-28(14-10-26)33-30-19-23(3)16-24(4)20-30/h7-20H,1-6H3. The second-order valence-corrected chi connectivity index (χ2v) is 9.52. The molecule has 0 saturated carbocycles. The lowest BCUT2D eigenvalue weighted by Crippen LogP contribution is -2.18. The lowest BCUT2D eigenvalue weighted by molar-refractivity contribution is 0.480. The maximum absolute atomic E-state index is 6.09. The molecule has 0 unspecified atom stereocenters. The maximum atomic E-state index is 6.09. The molecule has 0 aromatic heterocycles. The van der Waals surface area contributed by atoms with Crippen LogP contribution in [0.1, 0.15) is 47.2 Å². The SMILES string of the molecule is Cc1cc(C)cc(Oc2ccc(C(C)(C)c3ccc(Oc4cc(C)cc(C)c4)cc3)cc2)c1. The first kappa shape index (κ1) is 22.7. The summed E-state index contributed by atoms with van der Waals surface area (Å²) in [5.74, 6) is 3.44. The number of aryl methyl sites for hydroxylation is 4. The molecule has 2 nitrogen and oxygen atoms in total. The van der Waals surface area contributed by atoms with E-state index in [0.29, 0.717) is 0 Å². The Morgan fingerprint density at radius 3 is 1.03 bits per heavy atom. The molecule has 0 aliphatic heterocycles. The highest BCUT2D eigenvalue weighted by Crippen LogP contribution is 2.35. The van der Waals surface area contributed by atoms with Crippen LogP contribution in [0.3, 0.4) is 0 Å². The Bertz CT molecular complexity index is 1110. The van der Waals surface area contributed by atoms with E-state index in [0.717, 1.165) is 23.0 Å². The summed E-state index contributed by atoms with van der Waals surface area (Å²) in [5, 5.41) is 0. The van der Waals surface area contributed by atoms with E-state index in [1.165, 1.54) is 33.4 Å². The third-order valence-electron chi connectivity index (χ3n) is 6.01. The van der Waals surface area contributed by atoms with Gasteiger partial charge in [0.2, 0.25) is 0 Å². The summed E-state index contributed by atoms with van der Waals surface area (Å²) in [7, 11) is 0. The average molecular weight is 437 g/mol. The van der Waals surface area contributed by atoms with Gasteiger partial charge in [0, 0.05) is 5.41 Å². The van der Waals surface area contributed by atoms with E-state index in [1.54, 1.807) is 0 Å². The van der Waals surface area contributed by atoms with Gasteiger partial charge in [0.15, 0.2) is 0 Å². The summed E-state index contributed by atoms with van der Waals surface area (Å²) in [6.07, 6.45) is 0. The molecule has 0 atom stereocenters. The zero-order valence-electron chi connectivity index (χ0n) is 20.4. The third kappa shape index (κ3) is 5.46. The van der Waals surface area contributed by atoms with Crippen LogP contribution in [0.15, 0.2) is 84.9 Å². The minimum Gasteiger partial charge on any atom is -0.457 e. The summed E-state index contributed by atoms with van der Waals surface area (Å²) in [6.45, 7) is 12.8. The third-order valence-corrected chi connectivity index (χ3v) is 6.01. The lowest BCUT2D eigenvalue weighted by Gasteiger charge is -2.26. The second-order valence-electron chi connectivity index (χ2n) is 9.52. The Morgan fingerprint density at radius 2 is 0.727 bits per heavy atom. The summed E-state index contributed by atoms with van der Waals surface area (Å²) in [4.78, 5) is 0. The van der Waals surface area contributed by atoms with Crippen LogP contribution in [0.5, 0.6) is 23.0 Å². The fourth-order valence-corrected chi connectivity index (χ4v) is 4.30. The van der Waals surface area contributed by atoms with Crippen LogP contribution in [0.4, 0.5) is 0 Å². The van der Waals surface area contributed by atoms with E-state index in [1.807, 2.05) is 24.3 Å². The van der Waals surface area contributed by atoms with Gasteiger partial charge in [-0.15, -0.1) is 0 Å². The molecule has 2 heteroatoms. The largest absolute Gasteiger partial charge is 0.457 e. The molecule has 33 heavy (non-hydrogen) atoms. The van der Waals surface area contributed by atoms with Gasteiger partial charge in [-0.2, -0.15) is 0 Å². The van der Waals surface area contributed by atoms with Gasteiger partial charge in [-0.1, -0.05) is 50.2 Å². The first-order valence-corrected chi connectivity index (χ1v) is 11.4. The number of hydrogen-bond donors (Lipinski definition) is 0. The van der Waals surface area contributed by atoms with E-state index in [2.05, 4.69) is 102 Å². The molecule has 0 bridgehead atoms. The van der Waals surface area contributed by atoms with Crippen molar-refractivity contribution < 1.29 is 9.47 Å². The number of benzene rings is 4. The van der Waals surface area contributed by atoms with Crippen molar-refractivity contribution in [1.29, 1.82) is 0 Å². The highest BCUT2D eigenvalue weighted by molar-refractivity contribution is 5.44. The minimum atomic E-state index is -0.142. The Labute approximate surface area is 197 Å². The summed E-state index contributed by atoms with van der Waals surface area (Å²) in [6, 6.07) is 29.3. The van der Waals surface area contributed by atoms with E-state index >= 15 is 0 Å². The van der Waals surface area contributed by atoms with Crippen LogP contribution in [0.25, 0.3) is 0 Å². The van der Waals surface area contributed by atoms with Crippen LogP contribution in [0, 0.1) is 27.7 Å². The molecule has 0 aliphatic rings. The number of hydrogen-bond acceptors (Lipinski definition) is 2. The van der Waals surface area contributed by atoms with Gasteiger partial charge in [-0.3, -0.25) is 0 Å². The molecule has 0 amide bonds. The van der Waals surface area contributed by atoms with Gasteiger partial charge < -0.3 is 9.47 Å². The van der Waals surface area contributed by atoms with E-state index in [4.69, 9.17) is 9.47 Å². The van der Waals surface area contributed by atoms with E-state index in [9.17, 15) is 0 Å². The number of rotatable bonds is 6. The molecule has 0 fully saturated rings.